The third kappa shape index (κ3) is 3.29. The smallest absolute Gasteiger partial charge is 0.184 e. The van der Waals surface area contributed by atoms with Crippen LogP contribution in [-0.2, 0) is 20.6 Å². The van der Waals surface area contributed by atoms with Crippen molar-refractivity contribution in [2.45, 2.75) is 0 Å². The summed E-state index contributed by atoms with van der Waals surface area (Å²) in [5, 5.41) is 3.47. The van der Waals surface area contributed by atoms with Gasteiger partial charge in [0.25, 0.3) is 0 Å². The number of hydrogen-bond donors (Lipinski definition) is 0. The van der Waals surface area contributed by atoms with Gasteiger partial charge in [0.2, 0.25) is 20.6 Å². The molecule has 106 valence electrons. The first-order valence-electron chi connectivity index (χ1n) is 5.51. The van der Waals surface area contributed by atoms with Crippen LogP contribution in [0.5, 0.6) is 0 Å². The molecular weight excluding hydrogens is 314 g/mol. The Hall–Kier alpha value is -2.61. The number of rotatable bonds is 1. The lowest BCUT2D eigenvalue weighted by atomic mass is 9.97. The van der Waals surface area contributed by atoms with Gasteiger partial charge in [-0.05, 0) is 41.0 Å². The normalized spacial score (nSPS) is 16.7. The van der Waals surface area contributed by atoms with Gasteiger partial charge in [-0.15, -0.1) is 0 Å². The van der Waals surface area contributed by atoms with Crippen LogP contribution in [-0.4, -0.2) is 26.6 Å². The molecule has 0 saturated carbocycles. The monoisotopic (exact) mass is 321 g/mol. The molecule has 0 saturated heterocycles. The lowest BCUT2D eigenvalue weighted by Gasteiger charge is -2.11. The number of hydrogen-bond acceptors (Lipinski definition) is 5. The van der Waals surface area contributed by atoms with E-state index in [2.05, 4.69) is 10.0 Å². The Balaban J connectivity index is 2.61. The highest BCUT2D eigenvalue weighted by Gasteiger charge is 2.12. The van der Waals surface area contributed by atoms with Gasteiger partial charge >= 0.3 is 0 Å². The molecule has 2 aliphatic carbocycles. The van der Waals surface area contributed by atoms with Gasteiger partial charge in [-0.1, -0.05) is 23.3 Å². The lowest BCUT2D eigenvalue weighted by molar-refractivity contribution is 0.625. The van der Waals surface area contributed by atoms with Crippen molar-refractivity contribution >= 4 is 30.3 Å². The topological polar surface area (TPSA) is 117 Å². The summed E-state index contributed by atoms with van der Waals surface area (Å²) in [4.78, 5) is 2.79. The first-order chi connectivity index (χ1) is 10.0. The second kappa shape index (κ2) is 6.23. The van der Waals surface area contributed by atoms with Gasteiger partial charge in [0.1, 0.15) is 0 Å². The molecule has 0 amide bonds. The minimum Gasteiger partial charge on any atom is -0.184 e. The first kappa shape index (κ1) is 14.8. The highest BCUT2D eigenvalue weighted by molar-refractivity contribution is 7.74. The van der Waals surface area contributed by atoms with Crippen molar-refractivity contribution in [3.05, 3.63) is 69.8 Å². The largest absolute Gasteiger partial charge is 0.221 e. The molecule has 0 bridgehead atoms. The van der Waals surface area contributed by atoms with Crippen molar-refractivity contribution in [1.29, 1.82) is 0 Å². The van der Waals surface area contributed by atoms with Crippen molar-refractivity contribution in [3.63, 3.8) is 0 Å². The van der Waals surface area contributed by atoms with Crippen LogP contribution in [0.2, 0.25) is 0 Å². The molecular formula is C12H7N3O4S2. The van der Waals surface area contributed by atoms with Gasteiger partial charge in [0.05, 0.1) is 9.73 Å². The van der Waals surface area contributed by atoms with Gasteiger partial charge in [0.15, 0.2) is 0 Å². The minimum atomic E-state index is -2.43. The molecule has 0 aromatic carbocycles. The maximum absolute atomic E-state index is 10.9. The SMILES string of the molecule is [N-]=[N+]=NC1=CC(=S(=O)=O)C=CC1=C1C=CC(=S(=O)=O)C=C1. The summed E-state index contributed by atoms with van der Waals surface area (Å²) in [7, 11) is -4.76. The number of nitrogens with zero attached hydrogens (tertiary/aromatic N) is 3. The van der Waals surface area contributed by atoms with Gasteiger partial charge in [-0.3, -0.25) is 0 Å². The third-order valence-corrected chi connectivity index (χ3v) is 3.97. The van der Waals surface area contributed by atoms with E-state index in [9.17, 15) is 16.8 Å². The van der Waals surface area contributed by atoms with Crippen molar-refractivity contribution in [3.8, 4) is 0 Å². The van der Waals surface area contributed by atoms with E-state index in [0.29, 0.717) is 11.1 Å². The fourth-order valence-corrected chi connectivity index (χ4v) is 2.48. The molecule has 7 nitrogen and oxygen atoms in total. The molecule has 2 rings (SSSR count). The molecule has 0 atom stereocenters. The van der Waals surface area contributed by atoms with Gasteiger partial charge < -0.3 is 0 Å². The van der Waals surface area contributed by atoms with Crippen LogP contribution < -0.4 is 0 Å². The van der Waals surface area contributed by atoms with E-state index in [-0.39, 0.29) is 15.4 Å². The van der Waals surface area contributed by atoms with E-state index in [1.54, 1.807) is 12.2 Å². The molecule has 0 heterocycles. The zero-order chi connectivity index (χ0) is 15.4. The Morgan fingerprint density at radius 3 is 1.95 bits per heavy atom. The van der Waals surface area contributed by atoms with Crippen molar-refractivity contribution in [2.75, 3.05) is 0 Å². The molecule has 0 aromatic heterocycles. The Bertz CT molecular complexity index is 947. The van der Waals surface area contributed by atoms with Crippen LogP contribution in [0.15, 0.2) is 64.5 Å². The summed E-state index contributed by atoms with van der Waals surface area (Å²) >= 11 is 0. The van der Waals surface area contributed by atoms with E-state index >= 15 is 0 Å². The highest BCUT2D eigenvalue weighted by Crippen LogP contribution is 2.25. The summed E-state index contributed by atoms with van der Waals surface area (Å²) in [6.07, 6.45) is 10.0. The van der Waals surface area contributed by atoms with Crippen LogP contribution in [0, 0.1) is 0 Å². The average Bonchev–Trinajstić information content (AvgIpc) is 2.47. The van der Waals surface area contributed by atoms with Crippen molar-refractivity contribution in [2.24, 2.45) is 5.11 Å². The molecule has 0 fully saturated rings. The predicted molar refractivity (Wildman–Crippen MR) is 79.5 cm³/mol. The van der Waals surface area contributed by atoms with E-state index in [4.69, 9.17) is 5.53 Å². The lowest BCUT2D eigenvalue weighted by Crippen LogP contribution is -2.03. The highest BCUT2D eigenvalue weighted by atomic mass is 32.2. The minimum absolute atomic E-state index is 0.00145. The van der Waals surface area contributed by atoms with Crippen LogP contribution in [0.3, 0.4) is 0 Å². The second-order valence-electron chi connectivity index (χ2n) is 3.86. The molecule has 0 unspecified atom stereocenters. The standard InChI is InChI=1S/C12H7N3O4S2/c13-15-14-12-7-10(21(18)19)5-6-11(12)8-1-3-9(4-2-8)20(16)17/h1-7H. The van der Waals surface area contributed by atoms with E-state index < -0.39 is 20.6 Å². The van der Waals surface area contributed by atoms with Gasteiger partial charge in [-0.25, -0.2) is 0 Å². The fourth-order valence-electron chi connectivity index (χ4n) is 1.74. The molecule has 0 radical (unpaired) electrons. The average molecular weight is 321 g/mol. The van der Waals surface area contributed by atoms with Crippen LogP contribution >= 0.6 is 0 Å². The summed E-state index contributed by atoms with van der Waals surface area (Å²) < 4.78 is 43.4. The molecule has 0 aliphatic heterocycles. The summed E-state index contributed by atoms with van der Waals surface area (Å²) in [6, 6.07) is 0. The number of azide groups is 1. The van der Waals surface area contributed by atoms with Gasteiger partial charge in [0, 0.05) is 10.6 Å². The van der Waals surface area contributed by atoms with E-state index in [0.717, 1.165) is 0 Å². The molecule has 0 spiro atoms. The molecule has 2 aliphatic rings. The van der Waals surface area contributed by atoms with Gasteiger partial charge in [-0.2, -0.15) is 16.8 Å². The quantitative estimate of drug-likeness (QED) is 0.313. The zero-order valence-electron chi connectivity index (χ0n) is 10.3. The van der Waals surface area contributed by atoms with Crippen molar-refractivity contribution in [1.82, 2.24) is 0 Å². The third-order valence-electron chi connectivity index (χ3n) is 2.67. The van der Waals surface area contributed by atoms with Crippen LogP contribution in [0.1, 0.15) is 0 Å². The number of allylic oxidation sites excluding steroid dienone is 8. The molecule has 21 heavy (non-hydrogen) atoms. The predicted octanol–water partition coefficient (Wildman–Crippen LogP) is 1.28. The maximum Gasteiger partial charge on any atom is 0.221 e. The Morgan fingerprint density at radius 1 is 0.857 bits per heavy atom. The summed E-state index contributed by atoms with van der Waals surface area (Å²) in [6.45, 7) is 0. The fraction of sp³-hybridized carbons (Fsp3) is 0. The molecule has 9 heteroatoms. The van der Waals surface area contributed by atoms with E-state index in [1.807, 2.05) is 0 Å². The molecule has 0 N–H and O–H groups in total. The van der Waals surface area contributed by atoms with E-state index in [1.165, 1.54) is 30.4 Å². The maximum atomic E-state index is 10.9. The Kier molecular flexibility index (Phi) is 4.39. The zero-order valence-corrected chi connectivity index (χ0v) is 12.0. The van der Waals surface area contributed by atoms with Crippen molar-refractivity contribution < 1.29 is 16.8 Å². The van der Waals surface area contributed by atoms with Crippen LogP contribution in [0.25, 0.3) is 10.4 Å². The Morgan fingerprint density at radius 2 is 1.43 bits per heavy atom. The summed E-state index contributed by atoms with van der Waals surface area (Å²) in [5.41, 5.74) is 9.82. The van der Waals surface area contributed by atoms with Crippen LogP contribution in [0.4, 0.5) is 0 Å². The Labute approximate surface area is 122 Å². The first-order valence-corrected chi connectivity index (χ1v) is 7.66. The molecule has 0 aromatic rings. The summed E-state index contributed by atoms with van der Waals surface area (Å²) in [5.74, 6) is 0. The second-order valence-corrected chi connectivity index (χ2v) is 5.74.